The largest absolute Gasteiger partial charge is 0.385 e. The molecule has 3 N–H and O–H groups in total. The summed E-state index contributed by atoms with van der Waals surface area (Å²) in [6, 6.07) is 0. The van der Waals surface area contributed by atoms with Gasteiger partial charge in [0.15, 0.2) is 0 Å². The number of thiazole rings is 1. The monoisotopic (exact) mass is 212 g/mol. The van der Waals surface area contributed by atoms with Crippen LogP contribution in [0.25, 0.3) is 0 Å². The maximum atomic E-state index is 9.51. The predicted molar refractivity (Wildman–Crippen MR) is 57.3 cm³/mol. The average molecular weight is 212 g/mol. The van der Waals surface area contributed by atoms with Crippen LogP contribution in [-0.2, 0) is 0 Å². The van der Waals surface area contributed by atoms with E-state index in [2.05, 4.69) is 10.4 Å². The highest BCUT2D eigenvalue weighted by molar-refractivity contribution is 7.09. The molecule has 4 heteroatoms. The highest BCUT2D eigenvalue weighted by Gasteiger charge is 2.20. The van der Waals surface area contributed by atoms with E-state index in [1.807, 2.05) is 0 Å². The second-order valence-corrected chi connectivity index (χ2v) is 4.73. The Morgan fingerprint density at radius 2 is 2.29 bits per heavy atom. The fraction of sp³-hybridized carbons (Fsp3) is 0.700. The maximum Gasteiger partial charge on any atom is 0.123 e. The zero-order valence-electron chi connectivity index (χ0n) is 8.15. The smallest absolute Gasteiger partial charge is 0.123 e. The van der Waals surface area contributed by atoms with Gasteiger partial charge in [-0.25, -0.2) is 4.98 Å². The Balaban J connectivity index is 2.08. The lowest BCUT2D eigenvalue weighted by Gasteiger charge is -2.04. The molecule has 1 aromatic rings. The summed E-state index contributed by atoms with van der Waals surface area (Å²) >= 11 is 1.53. The van der Waals surface area contributed by atoms with Crippen molar-refractivity contribution in [2.24, 2.45) is 5.73 Å². The van der Waals surface area contributed by atoms with E-state index in [0.717, 1.165) is 10.7 Å². The van der Waals surface area contributed by atoms with Crippen molar-refractivity contribution >= 4 is 11.3 Å². The molecule has 3 nitrogen and oxygen atoms in total. The van der Waals surface area contributed by atoms with Crippen molar-refractivity contribution in [3.05, 3.63) is 16.1 Å². The molecule has 0 spiro atoms. The third-order valence-corrected chi connectivity index (χ3v) is 3.79. The van der Waals surface area contributed by atoms with Gasteiger partial charge >= 0.3 is 0 Å². The third kappa shape index (κ3) is 1.97. The van der Waals surface area contributed by atoms with E-state index < -0.39 is 6.10 Å². The van der Waals surface area contributed by atoms with Crippen molar-refractivity contribution in [1.82, 2.24) is 4.98 Å². The second-order valence-electron chi connectivity index (χ2n) is 3.84. The van der Waals surface area contributed by atoms with Gasteiger partial charge in [-0.1, -0.05) is 12.8 Å². The molecular formula is C10H16N2OS. The third-order valence-electron chi connectivity index (χ3n) is 2.82. The summed E-state index contributed by atoms with van der Waals surface area (Å²) in [5.41, 5.74) is 6.55. The van der Waals surface area contributed by atoms with Crippen molar-refractivity contribution in [2.45, 2.75) is 37.7 Å². The molecule has 0 aromatic carbocycles. The molecule has 0 radical (unpaired) electrons. The van der Waals surface area contributed by atoms with Crippen LogP contribution in [0, 0.1) is 0 Å². The molecule has 0 saturated heterocycles. The first-order valence-corrected chi connectivity index (χ1v) is 6.02. The highest BCUT2D eigenvalue weighted by Crippen LogP contribution is 2.35. The van der Waals surface area contributed by atoms with Gasteiger partial charge in [0.1, 0.15) is 11.1 Å². The summed E-state index contributed by atoms with van der Waals surface area (Å²) in [6.45, 7) is 0.262. The molecule has 1 aromatic heterocycles. The Kier molecular flexibility index (Phi) is 3.15. The van der Waals surface area contributed by atoms with E-state index in [0.29, 0.717) is 5.92 Å². The fourth-order valence-electron chi connectivity index (χ4n) is 1.96. The number of aliphatic hydroxyl groups excluding tert-OH is 1. The van der Waals surface area contributed by atoms with Crippen molar-refractivity contribution in [2.75, 3.05) is 6.54 Å². The van der Waals surface area contributed by atoms with E-state index in [4.69, 9.17) is 5.73 Å². The van der Waals surface area contributed by atoms with Crippen LogP contribution in [0.2, 0.25) is 0 Å². The number of hydrogen-bond donors (Lipinski definition) is 2. The predicted octanol–water partition coefficient (Wildman–Crippen LogP) is 1.79. The average Bonchev–Trinajstić information content (AvgIpc) is 2.86. The Bertz CT molecular complexity index is 294. The zero-order chi connectivity index (χ0) is 9.97. The molecular weight excluding hydrogens is 196 g/mol. The molecule has 0 amide bonds. The van der Waals surface area contributed by atoms with Gasteiger partial charge in [-0.2, -0.15) is 0 Å². The van der Waals surface area contributed by atoms with Crippen LogP contribution < -0.4 is 5.73 Å². The number of hydrogen-bond acceptors (Lipinski definition) is 4. The standard InChI is InChI=1S/C10H16N2OS/c11-5-9(13)10-12-8(6-14-10)7-3-1-2-4-7/h6-7,9,13H,1-5,11H2. The van der Waals surface area contributed by atoms with Gasteiger partial charge in [0, 0.05) is 17.8 Å². The Labute approximate surface area is 88.0 Å². The number of rotatable bonds is 3. The maximum absolute atomic E-state index is 9.51. The molecule has 1 atom stereocenters. The summed E-state index contributed by atoms with van der Waals surface area (Å²) in [5.74, 6) is 0.630. The molecule has 14 heavy (non-hydrogen) atoms. The van der Waals surface area contributed by atoms with Gasteiger partial charge < -0.3 is 10.8 Å². The highest BCUT2D eigenvalue weighted by atomic mass is 32.1. The van der Waals surface area contributed by atoms with Crippen LogP contribution in [0.15, 0.2) is 5.38 Å². The fourth-order valence-corrected chi connectivity index (χ4v) is 2.86. The topological polar surface area (TPSA) is 59.1 Å². The molecule has 1 saturated carbocycles. The molecule has 1 heterocycles. The van der Waals surface area contributed by atoms with Crippen LogP contribution in [0.1, 0.15) is 48.4 Å². The lowest BCUT2D eigenvalue weighted by molar-refractivity contribution is 0.186. The molecule has 1 aliphatic rings. The molecule has 1 fully saturated rings. The van der Waals surface area contributed by atoms with Crippen molar-refractivity contribution in [1.29, 1.82) is 0 Å². The normalized spacial score (nSPS) is 20.1. The number of aliphatic hydroxyl groups is 1. The molecule has 78 valence electrons. The number of nitrogens with two attached hydrogens (primary N) is 1. The molecule has 1 unspecified atom stereocenters. The first-order chi connectivity index (χ1) is 6.81. The number of nitrogens with zero attached hydrogens (tertiary/aromatic N) is 1. The zero-order valence-corrected chi connectivity index (χ0v) is 8.96. The van der Waals surface area contributed by atoms with Crippen LogP contribution in [0.5, 0.6) is 0 Å². The van der Waals surface area contributed by atoms with Crippen LogP contribution in [-0.4, -0.2) is 16.6 Å². The van der Waals surface area contributed by atoms with Crippen molar-refractivity contribution in [3.63, 3.8) is 0 Å². The van der Waals surface area contributed by atoms with E-state index in [9.17, 15) is 5.11 Å². The van der Waals surface area contributed by atoms with Gasteiger partial charge in [-0.15, -0.1) is 11.3 Å². The summed E-state index contributed by atoms with van der Waals surface area (Å²) < 4.78 is 0. The summed E-state index contributed by atoms with van der Waals surface area (Å²) in [5, 5.41) is 12.4. The Morgan fingerprint density at radius 1 is 1.57 bits per heavy atom. The van der Waals surface area contributed by atoms with Crippen molar-refractivity contribution in [3.8, 4) is 0 Å². The SMILES string of the molecule is NCC(O)c1nc(C2CCCC2)cs1. The van der Waals surface area contributed by atoms with Crippen LogP contribution in [0.3, 0.4) is 0 Å². The molecule has 1 aliphatic carbocycles. The van der Waals surface area contributed by atoms with Gasteiger partial charge in [-0.05, 0) is 12.8 Å². The van der Waals surface area contributed by atoms with Crippen molar-refractivity contribution < 1.29 is 5.11 Å². The lowest BCUT2D eigenvalue weighted by Crippen LogP contribution is -2.11. The molecule has 2 rings (SSSR count). The minimum Gasteiger partial charge on any atom is -0.385 e. The summed E-state index contributed by atoms with van der Waals surface area (Å²) in [6.07, 6.45) is 4.56. The number of aromatic nitrogens is 1. The van der Waals surface area contributed by atoms with E-state index in [-0.39, 0.29) is 6.54 Å². The van der Waals surface area contributed by atoms with Gasteiger partial charge in [0.25, 0.3) is 0 Å². The van der Waals surface area contributed by atoms with Gasteiger partial charge in [0.05, 0.1) is 5.69 Å². The van der Waals surface area contributed by atoms with E-state index in [1.165, 1.54) is 37.0 Å². The lowest BCUT2D eigenvalue weighted by atomic mass is 10.1. The van der Waals surface area contributed by atoms with Crippen LogP contribution >= 0.6 is 11.3 Å². The second kappa shape index (κ2) is 4.38. The van der Waals surface area contributed by atoms with Gasteiger partial charge in [-0.3, -0.25) is 0 Å². The Hall–Kier alpha value is -0.450. The first-order valence-electron chi connectivity index (χ1n) is 5.14. The minimum absolute atomic E-state index is 0.262. The minimum atomic E-state index is -0.574. The van der Waals surface area contributed by atoms with Crippen LogP contribution in [0.4, 0.5) is 0 Å². The summed E-state index contributed by atoms with van der Waals surface area (Å²) in [7, 11) is 0. The van der Waals surface area contributed by atoms with E-state index >= 15 is 0 Å². The molecule has 0 bridgehead atoms. The van der Waals surface area contributed by atoms with Gasteiger partial charge in [0.2, 0.25) is 0 Å². The first kappa shape index (κ1) is 10.1. The summed E-state index contributed by atoms with van der Waals surface area (Å²) in [4.78, 5) is 4.45. The molecule has 0 aliphatic heterocycles. The Morgan fingerprint density at radius 3 is 2.93 bits per heavy atom. The quantitative estimate of drug-likeness (QED) is 0.803. The van der Waals surface area contributed by atoms with E-state index in [1.54, 1.807) is 0 Å².